The first kappa shape index (κ1) is 18.0. The minimum Gasteiger partial charge on any atom is -0.459 e. The number of carbonyl (C=O) groups is 2. The van der Waals surface area contributed by atoms with Crippen LogP contribution in [-0.4, -0.2) is 17.4 Å². The van der Waals surface area contributed by atoms with Gasteiger partial charge in [0.15, 0.2) is 0 Å². The predicted octanol–water partition coefficient (Wildman–Crippen LogP) is 3.51. The Balaban J connectivity index is 2.93. The Kier molecular flexibility index (Phi) is 5.54. The van der Waals surface area contributed by atoms with Crippen LogP contribution in [0.4, 0.5) is 0 Å². The van der Waals surface area contributed by atoms with Crippen molar-refractivity contribution in [2.75, 3.05) is 0 Å². The van der Waals surface area contributed by atoms with E-state index in [-0.39, 0.29) is 0 Å². The second kappa shape index (κ2) is 6.79. The maximum absolute atomic E-state index is 12.1. The smallest absolute Gasteiger partial charge is 0.317 e. The van der Waals surface area contributed by atoms with Gasteiger partial charge < -0.3 is 4.74 Å². The number of benzene rings is 1. The number of Topliss-reactive ketones (excluding diaryl/α,β-unsaturated/α-hetero) is 1. The molecule has 0 radical (unpaired) electrons. The van der Waals surface area contributed by atoms with Gasteiger partial charge in [-0.15, -0.1) is 0 Å². The molecule has 0 fully saturated rings. The second-order valence-electron chi connectivity index (χ2n) is 6.64. The van der Waals surface area contributed by atoms with Crippen molar-refractivity contribution in [3.8, 4) is 11.8 Å². The van der Waals surface area contributed by atoms with Crippen molar-refractivity contribution in [3.05, 3.63) is 34.4 Å². The summed E-state index contributed by atoms with van der Waals surface area (Å²) in [4.78, 5) is 23.9. The molecule has 0 heterocycles. The molecule has 0 amide bonds. The van der Waals surface area contributed by atoms with Gasteiger partial charge in [0.05, 0.1) is 0 Å². The van der Waals surface area contributed by atoms with E-state index in [1.807, 2.05) is 32.9 Å². The van der Waals surface area contributed by atoms with E-state index in [9.17, 15) is 9.59 Å². The molecule has 0 aliphatic heterocycles. The highest BCUT2D eigenvalue weighted by atomic mass is 16.6. The quantitative estimate of drug-likeness (QED) is 0.477. The van der Waals surface area contributed by atoms with E-state index in [1.54, 1.807) is 20.8 Å². The standard InChI is InChI=1S/C19H24O3/c1-12-10-13(2)16(14(3)11-12)8-9-17(20)15(4)18(21)22-19(5,6)7/h10-11,15H,1-7H3. The first-order chi connectivity index (χ1) is 10.0. The molecule has 1 rings (SSSR count). The summed E-state index contributed by atoms with van der Waals surface area (Å²) in [6.45, 7) is 12.8. The fourth-order valence-corrected chi connectivity index (χ4v) is 2.11. The Labute approximate surface area is 133 Å². The molecule has 0 bridgehead atoms. The van der Waals surface area contributed by atoms with Gasteiger partial charge >= 0.3 is 5.97 Å². The Morgan fingerprint density at radius 2 is 1.59 bits per heavy atom. The third-order valence-corrected chi connectivity index (χ3v) is 3.14. The lowest BCUT2D eigenvalue weighted by molar-refractivity contribution is -0.160. The Bertz CT molecular complexity index is 628. The first-order valence-electron chi connectivity index (χ1n) is 7.38. The average molecular weight is 300 g/mol. The van der Waals surface area contributed by atoms with Crippen molar-refractivity contribution < 1.29 is 14.3 Å². The molecule has 0 spiro atoms. The van der Waals surface area contributed by atoms with Crippen molar-refractivity contribution in [2.24, 2.45) is 5.92 Å². The largest absolute Gasteiger partial charge is 0.459 e. The maximum atomic E-state index is 12.1. The van der Waals surface area contributed by atoms with E-state index in [0.717, 1.165) is 22.3 Å². The number of aryl methyl sites for hydroxylation is 3. The Morgan fingerprint density at radius 1 is 1.09 bits per heavy atom. The maximum Gasteiger partial charge on any atom is 0.317 e. The molecule has 0 aliphatic rings. The van der Waals surface area contributed by atoms with E-state index in [0.29, 0.717) is 0 Å². The van der Waals surface area contributed by atoms with Gasteiger partial charge in [-0.05, 0) is 65.5 Å². The normalized spacial score (nSPS) is 12.1. The SMILES string of the molecule is Cc1cc(C)c(C#CC(=O)C(C)C(=O)OC(C)(C)C)c(C)c1. The number of ketones is 1. The van der Waals surface area contributed by atoms with Crippen LogP contribution in [0.25, 0.3) is 0 Å². The number of carbonyl (C=O) groups excluding carboxylic acids is 2. The van der Waals surface area contributed by atoms with Gasteiger partial charge in [-0.3, -0.25) is 9.59 Å². The average Bonchev–Trinajstić information content (AvgIpc) is 2.34. The summed E-state index contributed by atoms with van der Waals surface area (Å²) >= 11 is 0. The van der Waals surface area contributed by atoms with Crippen LogP contribution in [-0.2, 0) is 14.3 Å². The zero-order valence-corrected chi connectivity index (χ0v) is 14.5. The molecule has 0 saturated heterocycles. The molecule has 22 heavy (non-hydrogen) atoms. The number of esters is 1. The summed E-state index contributed by atoms with van der Waals surface area (Å²) in [5.41, 5.74) is 3.46. The van der Waals surface area contributed by atoms with Gasteiger partial charge in [-0.2, -0.15) is 0 Å². The molecule has 0 saturated carbocycles. The highest BCUT2D eigenvalue weighted by Gasteiger charge is 2.26. The molecule has 0 aliphatic carbocycles. The molecular weight excluding hydrogens is 276 g/mol. The molecule has 1 aromatic carbocycles. The van der Waals surface area contributed by atoms with E-state index >= 15 is 0 Å². The fourth-order valence-electron chi connectivity index (χ4n) is 2.11. The first-order valence-corrected chi connectivity index (χ1v) is 7.38. The highest BCUT2D eigenvalue weighted by Crippen LogP contribution is 2.15. The molecule has 3 heteroatoms. The molecule has 1 atom stereocenters. The van der Waals surface area contributed by atoms with Crippen LogP contribution in [0.1, 0.15) is 49.9 Å². The van der Waals surface area contributed by atoms with Gasteiger partial charge in [-0.25, -0.2) is 0 Å². The zero-order valence-electron chi connectivity index (χ0n) is 14.5. The van der Waals surface area contributed by atoms with Gasteiger partial charge in [0.1, 0.15) is 11.5 Å². The predicted molar refractivity (Wildman–Crippen MR) is 87.5 cm³/mol. The van der Waals surface area contributed by atoms with Crippen LogP contribution in [0.3, 0.4) is 0 Å². The van der Waals surface area contributed by atoms with Crippen molar-refractivity contribution >= 4 is 11.8 Å². The summed E-state index contributed by atoms with van der Waals surface area (Å²) < 4.78 is 5.21. The number of rotatable bonds is 2. The van der Waals surface area contributed by atoms with Crippen LogP contribution >= 0.6 is 0 Å². The topological polar surface area (TPSA) is 43.4 Å². The molecule has 1 aromatic rings. The van der Waals surface area contributed by atoms with Crippen LogP contribution in [0.2, 0.25) is 0 Å². The summed E-state index contributed by atoms with van der Waals surface area (Å²) in [6.07, 6.45) is 0. The Morgan fingerprint density at radius 3 is 2.05 bits per heavy atom. The zero-order chi connectivity index (χ0) is 17.1. The minimum atomic E-state index is -0.877. The van der Waals surface area contributed by atoms with Crippen LogP contribution in [0, 0.1) is 38.5 Å². The fraction of sp³-hybridized carbons (Fsp3) is 0.474. The van der Waals surface area contributed by atoms with Crippen molar-refractivity contribution in [1.82, 2.24) is 0 Å². The number of hydrogen-bond acceptors (Lipinski definition) is 3. The molecule has 1 unspecified atom stereocenters. The van der Waals surface area contributed by atoms with E-state index in [4.69, 9.17) is 4.74 Å². The monoisotopic (exact) mass is 300 g/mol. The lowest BCUT2D eigenvalue weighted by atomic mass is 9.99. The number of hydrogen-bond donors (Lipinski definition) is 0. The summed E-state index contributed by atoms with van der Waals surface area (Å²) in [5.74, 6) is 3.64. The highest BCUT2D eigenvalue weighted by molar-refractivity contribution is 6.08. The van der Waals surface area contributed by atoms with Gasteiger partial charge in [0.25, 0.3) is 0 Å². The minimum absolute atomic E-state index is 0.423. The van der Waals surface area contributed by atoms with Gasteiger partial charge in [0, 0.05) is 5.56 Å². The van der Waals surface area contributed by atoms with Gasteiger partial charge in [-0.1, -0.05) is 23.6 Å². The van der Waals surface area contributed by atoms with Crippen molar-refractivity contribution in [3.63, 3.8) is 0 Å². The third kappa shape index (κ3) is 5.04. The van der Waals surface area contributed by atoms with Crippen LogP contribution in [0.15, 0.2) is 12.1 Å². The van der Waals surface area contributed by atoms with E-state index in [1.165, 1.54) is 6.92 Å². The van der Waals surface area contributed by atoms with Crippen LogP contribution in [0.5, 0.6) is 0 Å². The third-order valence-electron chi connectivity index (χ3n) is 3.14. The van der Waals surface area contributed by atoms with Crippen molar-refractivity contribution in [2.45, 2.75) is 54.1 Å². The lowest BCUT2D eigenvalue weighted by Gasteiger charge is -2.21. The molecular formula is C19H24O3. The second-order valence-corrected chi connectivity index (χ2v) is 6.64. The number of ether oxygens (including phenoxy) is 1. The van der Waals surface area contributed by atoms with E-state index in [2.05, 4.69) is 11.8 Å². The summed E-state index contributed by atoms with van der Waals surface area (Å²) in [5, 5.41) is 0. The molecule has 3 nitrogen and oxygen atoms in total. The molecule has 0 aromatic heterocycles. The van der Waals surface area contributed by atoms with Crippen molar-refractivity contribution in [1.29, 1.82) is 0 Å². The lowest BCUT2D eigenvalue weighted by Crippen LogP contribution is -2.30. The van der Waals surface area contributed by atoms with Crippen LogP contribution < -0.4 is 0 Å². The Hall–Kier alpha value is -2.08. The van der Waals surface area contributed by atoms with E-state index < -0.39 is 23.3 Å². The summed E-state index contributed by atoms with van der Waals surface area (Å²) in [7, 11) is 0. The molecule has 118 valence electrons. The molecule has 0 N–H and O–H groups in total. The van der Waals surface area contributed by atoms with Gasteiger partial charge in [0.2, 0.25) is 5.78 Å². The summed E-state index contributed by atoms with van der Waals surface area (Å²) in [6, 6.07) is 4.05.